The van der Waals surface area contributed by atoms with Crippen molar-refractivity contribution in [2.75, 3.05) is 5.32 Å². The summed E-state index contributed by atoms with van der Waals surface area (Å²) in [4.78, 5) is 20.3. The van der Waals surface area contributed by atoms with Crippen LogP contribution in [-0.4, -0.2) is 35.4 Å². The average molecular weight is 361 g/mol. The Morgan fingerprint density at radius 2 is 2.15 bits per heavy atom. The number of amides is 1. The van der Waals surface area contributed by atoms with Crippen molar-refractivity contribution in [3.05, 3.63) is 53.5 Å². The predicted molar refractivity (Wildman–Crippen MR) is 101 cm³/mol. The molecule has 0 bridgehead atoms. The van der Waals surface area contributed by atoms with Gasteiger partial charge in [0.05, 0.1) is 22.9 Å². The lowest BCUT2D eigenvalue weighted by Gasteiger charge is -2.22. The lowest BCUT2D eigenvalue weighted by molar-refractivity contribution is -0.116. The fraction of sp³-hybridized carbons (Fsp3) is 0.263. The summed E-state index contributed by atoms with van der Waals surface area (Å²) < 4.78 is 3.57. The highest BCUT2D eigenvalue weighted by Crippen LogP contribution is 2.39. The Kier molecular flexibility index (Phi) is 3.40. The summed E-state index contributed by atoms with van der Waals surface area (Å²) >= 11 is 0. The average Bonchev–Trinajstić information content (AvgIpc) is 3.37. The van der Waals surface area contributed by atoms with Gasteiger partial charge in [-0.05, 0) is 31.5 Å². The molecular weight excluding hydrogens is 342 g/mol. The molecule has 1 aliphatic heterocycles. The van der Waals surface area contributed by atoms with Gasteiger partial charge in [0.25, 0.3) is 0 Å². The maximum Gasteiger partial charge on any atom is 0.231 e. The molecular formula is C19H19N7O. The summed E-state index contributed by atoms with van der Waals surface area (Å²) in [7, 11) is 0. The molecule has 1 atom stereocenters. The van der Waals surface area contributed by atoms with E-state index in [2.05, 4.69) is 25.5 Å². The third-order valence-electron chi connectivity index (χ3n) is 5.06. The summed E-state index contributed by atoms with van der Waals surface area (Å²) in [6, 6.07) is 7.81. The van der Waals surface area contributed by atoms with Crippen LogP contribution in [0.5, 0.6) is 0 Å². The molecule has 5 rings (SSSR count). The maximum absolute atomic E-state index is 12.4. The van der Waals surface area contributed by atoms with E-state index in [0.717, 1.165) is 34.4 Å². The highest BCUT2D eigenvalue weighted by Gasteiger charge is 2.33. The van der Waals surface area contributed by atoms with Crippen molar-refractivity contribution < 1.29 is 4.79 Å². The number of aryl methyl sites for hydroxylation is 2. The van der Waals surface area contributed by atoms with E-state index < -0.39 is 0 Å². The van der Waals surface area contributed by atoms with Crippen molar-refractivity contribution in [1.29, 1.82) is 0 Å². The molecule has 0 unspecified atom stereocenters. The summed E-state index contributed by atoms with van der Waals surface area (Å²) in [6.07, 6.45) is 4.23. The number of rotatable bonds is 3. The first-order chi connectivity index (χ1) is 13.1. The van der Waals surface area contributed by atoms with Gasteiger partial charge < -0.3 is 10.3 Å². The number of fused-ring (bicyclic) bond motifs is 2. The standard InChI is InChI=1S/C19H19N7O/c1-3-25-10-12(9-20-25)13-8-16(27)23-18-17(13)11(2)24-26(18)19-21-14-6-4-5-7-15(14)22-19/h4-7,9-10,13H,3,8H2,1-2H3,(H,21,22)(H,23,27)/t13-/m0/s1. The molecule has 1 aromatic carbocycles. The molecule has 136 valence electrons. The number of H-pyrrole nitrogens is 1. The first kappa shape index (κ1) is 15.8. The van der Waals surface area contributed by atoms with Crippen molar-refractivity contribution in [3.63, 3.8) is 0 Å². The van der Waals surface area contributed by atoms with Gasteiger partial charge in [-0.3, -0.25) is 9.48 Å². The number of nitrogens with zero attached hydrogens (tertiary/aromatic N) is 5. The van der Waals surface area contributed by atoms with Crippen LogP contribution in [0.2, 0.25) is 0 Å². The number of benzene rings is 1. The monoisotopic (exact) mass is 361 g/mol. The highest BCUT2D eigenvalue weighted by atomic mass is 16.1. The molecule has 8 heteroatoms. The van der Waals surface area contributed by atoms with Gasteiger partial charge in [-0.2, -0.15) is 14.9 Å². The second kappa shape index (κ2) is 5.80. The SMILES string of the molecule is CCn1cc([C@@H]2CC(=O)Nc3c2c(C)nn3-c2nc3ccccc3[nH]2)cn1. The van der Waals surface area contributed by atoms with E-state index in [0.29, 0.717) is 18.2 Å². The van der Waals surface area contributed by atoms with Crippen molar-refractivity contribution in [2.45, 2.75) is 32.7 Å². The van der Waals surface area contributed by atoms with Crippen LogP contribution in [0.15, 0.2) is 36.7 Å². The number of hydrogen-bond donors (Lipinski definition) is 2. The number of carbonyl (C=O) groups is 1. The third kappa shape index (κ3) is 2.44. The van der Waals surface area contributed by atoms with E-state index in [1.807, 2.05) is 55.2 Å². The Hall–Kier alpha value is -3.42. The molecule has 0 spiro atoms. The van der Waals surface area contributed by atoms with E-state index in [1.165, 1.54) is 0 Å². The van der Waals surface area contributed by atoms with E-state index >= 15 is 0 Å². The molecule has 2 N–H and O–H groups in total. The van der Waals surface area contributed by atoms with E-state index in [9.17, 15) is 4.79 Å². The normalized spacial score (nSPS) is 16.5. The van der Waals surface area contributed by atoms with Crippen molar-refractivity contribution in [3.8, 4) is 5.95 Å². The molecule has 0 saturated carbocycles. The molecule has 0 radical (unpaired) electrons. The van der Waals surface area contributed by atoms with Crippen molar-refractivity contribution in [1.82, 2.24) is 29.5 Å². The Morgan fingerprint density at radius 1 is 1.30 bits per heavy atom. The Labute approximate surface area is 155 Å². The van der Waals surface area contributed by atoms with Crippen molar-refractivity contribution >= 4 is 22.8 Å². The van der Waals surface area contributed by atoms with Gasteiger partial charge >= 0.3 is 0 Å². The molecule has 8 nitrogen and oxygen atoms in total. The summed E-state index contributed by atoms with van der Waals surface area (Å²) in [5, 5.41) is 12.0. The number of nitrogens with one attached hydrogen (secondary N) is 2. The minimum atomic E-state index is -0.0628. The van der Waals surface area contributed by atoms with Crippen LogP contribution >= 0.6 is 0 Å². The van der Waals surface area contributed by atoms with Gasteiger partial charge in [0.2, 0.25) is 11.9 Å². The number of para-hydroxylation sites is 2. The molecule has 0 aliphatic carbocycles. The minimum Gasteiger partial charge on any atom is -0.322 e. The Morgan fingerprint density at radius 3 is 2.93 bits per heavy atom. The lowest BCUT2D eigenvalue weighted by atomic mass is 9.87. The largest absolute Gasteiger partial charge is 0.322 e. The van der Waals surface area contributed by atoms with E-state index in [1.54, 1.807) is 4.68 Å². The van der Waals surface area contributed by atoms with E-state index in [4.69, 9.17) is 0 Å². The number of hydrogen-bond acceptors (Lipinski definition) is 4. The van der Waals surface area contributed by atoms with Crippen LogP contribution in [0, 0.1) is 6.92 Å². The number of aromatic nitrogens is 6. The fourth-order valence-electron chi connectivity index (χ4n) is 3.76. The second-order valence-electron chi connectivity index (χ2n) is 6.77. The second-order valence-corrected chi connectivity index (χ2v) is 6.77. The van der Waals surface area contributed by atoms with E-state index in [-0.39, 0.29) is 11.8 Å². The number of aromatic amines is 1. The van der Waals surface area contributed by atoms with Crippen LogP contribution in [0.1, 0.15) is 36.1 Å². The summed E-state index contributed by atoms with van der Waals surface area (Å²) in [5.41, 5.74) is 4.71. The van der Waals surface area contributed by atoms with Gasteiger partial charge in [-0.1, -0.05) is 12.1 Å². The molecule has 0 saturated heterocycles. The van der Waals surface area contributed by atoms with Gasteiger partial charge in [0.15, 0.2) is 0 Å². The first-order valence-corrected chi connectivity index (χ1v) is 9.01. The highest BCUT2D eigenvalue weighted by molar-refractivity contribution is 5.95. The fourth-order valence-corrected chi connectivity index (χ4v) is 3.76. The minimum absolute atomic E-state index is 0.0333. The Bertz CT molecular complexity index is 1130. The number of carbonyl (C=O) groups excluding carboxylic acids is 1. The number of anilines is 1. The quantitative estimate of drug-likeness (QED) is 0.587. The zero-order valence-electron chi connectivity index (χ0n) is 15.1. The predicted octanol–water partition coefficient (Wildman–Crippen LogP) is 2.75. The van der Waals surface area contributed by atoms with Gasteiger partial charge in [-0.15, -0.1) is 0 Å². The zero-order valence-corrected chi connectivity index (χ0v) is 15.1. The van der Waals surface area contributed by atoms with Crippen LogP contribution in [0.3, 0.4) is 0 Å². The van der Waals surface area contributed by atoms with Crippen molar-refractivity contribution in [2.24, 2.45) is 0 Å². The summed E-state index contributed by atoms with van der Waals surface area (Å²) in [5.74, 6) is 1.17. The third-order valence-corrected chi connectivity index (χ3v) is 5.06. The van der Waals surface area contributed by atoms with Crippen LogP contribution < -0.4 is 5.32 Å². The van der Waals surface area contributed by atoms with Crippen LogP contribution in [0.25, 0.3) is 17.0 Å². The smallest absolute Gasteiger partial charge is 0.231 e. The molecule has 4 aromatic rings. The summed E-state index contributed by atoms with van der Waals surface area (Å²) in [6.45, 7) is 4.80. The molecule has 0 fully saturated rings. The van der Waals surface area contributed by atoms with Gasteiger partial charge in [0.1, 0.15) is 5.82 Å². The van der Waals surface area contributed by atoms with Gasteiger partial charge in [0, 0.05) is 30.6 Å². The molecule has 4 heterocycles. The van der Waals surface area contributed by atoms with Gasteiger partial charge in [-0.25, -0.2) is 4.98 Å². The molecule has 1 aliphatic rings. The maximum atomic E-state index is 12.4. The topological polar surface area (TPSA) is 93.4 Å². The Balaban J connectivity index is 1.66. The zero-order chi connectivity index (χ0) is 18.5. The van der Waals surface area contributed by atoms with Crippen LogP contribution in [0.4, 0.5) is 5.82 Å². The molecule has 3 aromatic heterocycles. The number of imidazole rings is 1. The lowest BCUT2D eigenvalue weighted by Crippen LogP contribution is -2.25. The molecule has 27 heavy (non-hydrogen) atoms. The first-order valence-electron chi connectivity index (χ1n) is 9.01. The molecule has 1 amide bonds. The van der Waals surface area contributed by atoms with Crippen LogP contribution in [-0.2, 0) is 11.3 Å².